The maximum atomic E-state index is 5.99. The van der Waals surface area contributed by atoms with Crippen molar-refractivity contribution < 1.29 is 0 Å². The summed E-state index contributed by atoms with van der Waals surface area (Å²) in [7, 11) is 0. The standard InChI is InChI=1S/C13H16ClN3/c1-8(2)6-11-12(16-17-13(11)15)9-4-3-5-10(14)7-9/h3-5,7-8H,6H2,1-2H3,(H3,15,16,17). The zero-order valence-corrected chi connectivity index (χ0v) is 10.8. The fourth-order valence-corrected chi connectivity index (χ4v) is 2.07. The van der Waals surface area contributed by atoms with Crippen molar-refractivity contribution in [2.45, 2.75) is 20.3 Å². The van der Waals surface area contributed by atoms with E-state index in [-0.39, 0.29) is 0 Å². The second-order valence-corrected chi connectivity index (χ2v) is 5.01. The number of benzene rings is 1. The maximum Gasteiger partial charge on any atom is 0.149 e. The van der Waals surface area contributed by atoms with Crippen molar-refractivity contribution in [2.24, 2.45) is 5.92 Å². The first-order chi connectivity index (χ1) is 8.08. The van der Waals surface area contributed by atoms with Gasteiger partial charge in [0.1, 0.15) is 5.82 Å². The third-order valence-electron chi connectivity index (χ3n) is 2.62. The van der Waals surface area contributed by atoms with Gasteiger partial charge in [-0.25, -0.2) is 0 Å². The van der Waals surface area contributed by atoms with Gasteiger partial charge in [0.2, 0.25) is 0 Å². The number of nitrogens with zero attached hydrogens (tertiary/aromatic N) is 1. The molecule has 0 amide bonds. The van der Waals surface area contributed by atoms with Gasteiger partial charge in [-0.05, 0) is 24.5 Å². The van der Waals surface area contributed by atoms with Gasteiger partial charge in [-0.2, -0.15) is 5.10 Å². The first-order valence-corrected chi connectivity index (χ1v) is 6.04. The zero-order valence-electron chi connectivity index (χ0n) is 10.00. The van der Waals surface area contributed by atoms with Crippen molar-refractivity contribution in [3.8, 4) is 11.3 Å². The molecule has 17 heavy (non-hydrogen) atoms. The molecule has 1 aromatic heterocycles. The van der Waals surface area contributed by atoms with Crippen molar-refractivity contribution >= 4 is 17.4 Å². The Morgan fingerprint density at radius 1 is 1.41 bits per heavy atom. The Hall–Kier alpha value is -1.48. The van der Waals surface area contributed by atoms with Crippen molar-refractivity contribution in [1.29, 1.82) is 0 Å². The van der Waals surface area contributed by atoms with Gasteiger partial charge in [0.05, 0.1) is 5.69 Å². The van der Waals surface area contributed by atoms with Crippen LogP contribution in [-0.2, 0) is 6.42 Å². The first kappa shape index (κ1) is 12.0. The molecule has 3 nitrogen and oxygen atoms in total. The lowest BCUT2D eigenvalue weighted by molar-refractivity contribution is 0.649. The molecule has 0 aliphatic rings. The summed E-state index contributed by atoms with van der Waals surface area (Å²) in [4.78, 5) is 0. The van der Waals surface area contributed by atoms with Gasteiger partial charge in [-0.1, -0.05) is 37.6 Å². The van der Waals surface area contributed by atoms with Crippen LogP contribution in [-0.4, -0.2) is 10.2 Å². The fraction of sp³-hybridized carbons (Fsp3) is 0.308. The predicted molar refractivity (Wildman–Crippen MR) is 72.0 cm³/mol. The van der Waals surface area contributed by atoms with Crippen LogP contribution in [0.3, 0.4) is 0 Å². The molecule has 2 aromatic rings. The van der Waals surface area contributed by atoms with E-state index in [1.54, 1.807) is 0 Å². The van der Waals surface area contributed by atoms with Crippen LogP contribution < -0.4 is 5.73 Å². The molecule has 1 heterocycles. The molecule has 0 aliphatic carbocycles. The van der Waals surface area contributed by atoms with E-state index >= 15 is 0 Å². The second kappa shape index (κ2) is 4.80. The fourth-order valence-electron chi connectivity index (χ4n) is 1.88. The van der Waals surface area contributed by atoms with Gasteiger partial charge in [0.25, 0.3) is 0 Å². The van der Waals surface area contributed by atoms with E-state index in [2.05, 4.69) is 24.0 Å². The Morgan fingerprint density at radius 2 is 2.18 bits per heavy atom. The summed E-state index contributed by atoms with van der Waals surface area (Å²) >= 11 is 5.99. The molecule has 0 saturated carbocycles. The van der Waals surface area contributed by atoms with Gasteiger partial charge in [0.15, 0.2) is 0 Å². The number of nitrogens with two attached hydrogens (primary N) is 1. The highest BCUT2D eigenvalue weighted by Gasteiger charge is 2.13. The maximum absolute atomic E-state index is 5.99. The first-order valence-electron chi connectivity index (χ1n) is 5.66. The number of rotatable bonds is 3. The number of aromatic nitrogens is 2. The molecule has 1 aromatic carbocycles. The van der Waals surface area contributed by atoms with Crippen LogP contribution in [0.1, 0.15) is 19.4 Å². The summed E-state index contributed by atoms with van der Waals surface area (Å²) in [5, 5.41) is 7.79. The van der Waals surface area contributed by atoms with E-state index in [4.69, 9.17) is 17.3 Å². The lowest BCUT2D eigenvalue weighted by Crippen LogP contribution is -1.99. The summed E-state index contributed by atoms with van der Waals surface area (Å²) in [6, 6.07) is 7.70. The van der Waals surface area contributed by atoms with Crippen LogP contribution in [0.2, 0.25) is 5.02 Å². The molecule has 0 saturated heterocycles. The summed E-state index contributed by atoms with van der Waals surface area (Å²) in [5.74, 6) is 1.11. The lowest BCUT2D eigenvalue weighted by Gasteiger charge is -2.07. The number of nitrogens with one attached hydrogen (secondary N) is 1. The minimum absolute atomic E-state index is 0.535. The topological polar surface area (TPSA) is 54.7 Å². The molecular formula is C13H16ClN3. The van der Waals surface area contributed by atoms with Crippen molar-refractivity contribution in [3.05, 3.63) is 34.9 Å². The average molecular weight is 250 g/mol. The lowest BCUT2D eigenvalue weighted by atomic mass is 9.99. The number of H-pyrrole nitrogens is 1. The number of aromatic amines is 1. The summed E-state index contributed by atoms with van der Waals surface area (Å²) in [6.07, 6.45) is 0.907. The molecular weight excluding hydrogens is 234 g/mol. The van der Waals surface area contributed by atoms with E-state index in [9.17, 15) is 0 Å². The van der Waals surface area contributed by atoms with Crippen LogP contribution in [0.4, 0.5) is 5.82 Å². The van der Waals surface area contributed by atoms with Crippen LogP contribution in [0.25, 0.3) is 11.3 Å². The highest BCUT2D eigenvalue weighted by atomic mass is 35.5. The van der Waals surface area contributed by atoms with E-state index in [0.29, 0.717) is 16.8 Å². The molecule has 0 radical (unpaired) electrons. The molecule has 0 bridgehead atoms. The Morgan fingerprint density at radius 3 is 2.82 bits per heavy atom. The monoisotopic (exact) mass is 249 g/mol. The number of hydrogen-bond donors (Lipinski definition) is 2. The largest absolute Gasteiger partial charge is 0.382 e. The quantitative estimate of drug-likeness (QED) is 0.875. The minimum Gasteiger partial charge on any atom is -0.382 e. The Kier molecular flexibility index (Phi) is 3.38. The third kappa shape index (κ3) is 2.61. The summed E-state index contributed by atoms with van der Waals surface area (Å²) in [5.41, 5.74) is 8.96. The summed E-state index contributed by atoms with van der Waals surface area (Å²) in [6.45, 7) is 4.32. The normalized spacial score (nSPS) is 11.1. The van der Waals surface area contributed by atoms with E-state index < -0.39 is 0 Å². The zero-order chi connectivity index (χ0) is 12.4. The molecule has 0 spiro atoms. The molecule has 0 aliphatic heterocycles. The van der Waals surface area contributed by atoms with Crippen molar-refractivity contribution in [1.82, 2.24) is 10.2 Å². The molecule has 90 valence electrons. The van der Waals surface area contributed by atoms with E-state index in [1.807, 2.05) is 24.3 Å². The molecule has 2 rings (SSSR count). The second-order valence-electron chi connectivity index (χ2n) is 4.57. The molecule has 0 fully saturated rings. The van der Waals surface area contributed by atoms with Crippen LogP contribution in [0.5, 0.6) is 0 Å². The van der Waals surface area contributed by atoms with Crippen LogP contribution >= 0.6 is 11.6 Å². The third-order valence-corrected chi connectivity index (χ3v) is 2.86. The average Bonchev–Trinajstić information content (AvgIpc) is 2.60. The Bertz CT molecular complexity index is 517. The smallest absolute Gasteiger partial charge is 0.149 e. The van der Waals surface area contributed by atoms with Crippen molar-refractivity contribution in [2.75, 3.05) is 5.73 Å². The number of anilines is 1. The molecule has 3 N–H and O–H groups in total. The highest BCUT2D eigenvalue weighted by molar-refractivity contribution is 6.30. The minimum atomic E-state index is 0.535. The summed E-state index contributed by atoms with van der Waals surface area (Å²) < 4.78 is 0. The van der Waals surface area contributed by atoms with Gasteiger partial charge >= 0.3 is 0 Å². The van der Waals surface area contributed by atoms with Crippen LogP contribution in [0, 0.1) is 5.92 Å². The molecule has 0 unspecified atom stereocenters. The number of halogens is 1. The highest BCUT2D eigenvalue weighted by Crippen LogP contribution is 2.28. The van der Waals surface area contributed by atoms with Gasteiger partial charge in [-0.3, -0.25) is 5.10 Å². The van der Waals surface area contributed by atoms with Gasteiger partial charge < -0.3 is 5.73 Å². The number of hydrogen-bond acceptors (Lipinski definition) is 2. The van der Waals surface area contributed by atoms with Crippen molar-refractivity contribution in [3.63, 3.8) is 0 Å². The Balaban J connectivity index is 2.45. The number of nitrogen functional groups attached to an aromatic ring is 1. The van der Waals surface area contributed by atoms with E-state index in [1.165, 1.54) is 0 Å². The SMILES string of the molecule is CC(C)Cc1c(N)n[nH]c1-c1cccc(Cl)c1. The van der Waals surface area contributed by atoms with Gasteiger partial charge in [0, 0.05) is 16.1 Å². The Labute approximate surface area is 106 Å². The predicted octanol–water partition coefficient (Wildman–Crippen LogP) is 3.51. The van der Waals surface area contributed by atoms with Crippen LogP contribution in [0.15, 0.2) is 24.3 Å². The molecule has 4 heteroatoms. The van der Waals surface area contributed by atoms with E-state index in [0.717, 1.165) is 23.2 Å². The van der Waals surface area contributed by atoms with Gasteiger partial charge in [-0.15, -0.1) is 0 Å². The molecule has 0 atom stereocenters.